The molecule has 0 saturated carbocycles. The van der Waals surface area contributed by atoms with Gasteiger partial charge in [0.25, 0.3) is 0 Å². The third-order valence-electron chi connectivity index (χ3n) is 5.57. The first-order valence-electron chi connectivity index (χ1n) is 8.46. The molecule has 1 aliphatic heterocycles. The number of carbonyl (C=O) groups excluding carboxylic acids is 1. The van der Waals surface area contributed by atoms with Gasteiger partial charge < -0.3 is 15.0 Å². The second kappa shape index (κ2) is 7.59. The maximum atomic E-state index is 12.2. The standard InChI is InChI=1S/C17H34N2O2/c1-7-17(8-2)10-11-19(13-17)14(4)12-16(5,18-6)15(20)21-9-3/h14,18H,7-13H2,1-6H3. The normalized spacial score (nSPS) is 22.8. The van der Waals surface area contributed by atoms with E-state index in [-0.39, 0.29) is 5.97 Å². The van der Waals surface area contributed by atoms with E-state index in [1.165, 1.54) is 19.3 Å². The Morgan fingerprint density at radius 1 is 1.38 bits per heavy atom. The zero-order chi connectivity index (χ0) is 16.1. The van der Waals surface area contributed by atoms with Gasteiger partial charge >= 0.3 is 5.97 Å². The summed E-state index contributed by atoms with van der Waals surface area (Å²) in [6.07, 6.45) is 4.55. The van der Waals surface area contributed by atoms with Crippen molar-refractivity contribution in [3.8, 4) is 0 Å². The van der Waals surface area contributed by atoms with Gasteiger partial charge in [-0.1, -0.05) is 13.8 Å². The minimum absolute atomic E-state index is 0.143. The Bertz CT molecular complexity index is 342. The molecule has 21 heavy (non-hydrogen) atoms. The molecule has 2 atom stereocenters. The second-order valence-corrected chi connectivity index (χ2v) is 6.78. The first-order valence-corrected chi connectivity index (χ1v) is 8.46. The molecule has 2 unspecified atom stereocenters. The maximum Gasteiger partial charge on any atom is 0.326 e. The van der Waals surface area contributed by atoms with Gasteiger partial charge in [-0.15, -0.1) is 0 Å². The van der Waals surface area contributed by atoms with Crippen molar-refractivity contribution in [2.75, 3.05) is 26.7 Å². The van der Waals surface area contributed by atoms with Crippen LogP contribution in [0.1, 0.15) is 60.3 Å². The van der Waals surface area contributed by atoms with Crippen LogP contribution in [0.25, 0.3) is 0 Å². The van der Waals surface area contributed by atoms with E-state index in [1.807, 2.05) is 20.9 Å². The van der Waals surface area contributed by atoms with Crippen molar-refractivity contribution >= 4 is 5.97 Å². The first-order chi connectivity index (χ1) is 9.86. The highest BCUT2D eigenvalue weighted by Crippen LogP contribution is 2.38. The number of nitrogens with zero attached hydrogens (tertiary/aromatic N) is 1. The van der Waals surface area contributed by atoms with Crippen molar-refractivity contribution in [2.24, 2.45) is 5.41 Å². The van der Waals surface area contributed by atoms with E-state index in [0.717, 1.165) is 19.5 Å². The van der Waals surface area contributed by atoms with Gasteiger partial charge in [0.2, 0.25) is 0 Å². The predicted molar refractivity (Wildman–Crippen MR) is 87.4 cm³/mol. The fourth-order valence-electron chi connectivity index (χ4n) is 3.47. The Hall–Kier alpha value is -0.610. The molecule has 0 spiro atoms. The second-order valence-electron chi connectivity index (χ2n) is 6.78. The lowest BCUT2D eigenvalue weighted by molar-refractivity contribution is -0.151. The van der Waals surface area contributed by atoms with Crippen molar-refractivity contribution in [1.82, 2.24) is 10.2 Å². The van der Waals surface area contributed by atoms with Crippen molar-refractivity contribution < 1.29 is 9.53 Å². The lowest BCUT2D eigenvalue weighted by Crippen LogP contribution is -2.52. The Kier molecular flexibility index (Phi) is 6.67. The zero-order valence-electron chi connectivity index (χ0n) is 14.8. The fourth-order valence-corrected chi connectivity index (χ4v) is 3.47. The molecular formula is C17H34N2O2. The quantitative estimate of drug-likeness (QED) is 0.700. The van der Waals surface area contributed by atoms with Crippen molar-refractivity contribution in [3.05, 3.63) is 0 Å². The van der Waals surface area contributed by atoms with E-state index < -0.39 is 5.54 Å². The van der Waals surface area contributed by atoms with Crippen LogP contribution in [0.4, 0.5) is 0 Å². The van der Waals surface area contributed by atoms with Gasteiger partial charge in [-0.05, 0) is 65.5 Å². The number of hydrogen-bond donors (Lipinski definition) is 1. The SMILES string of the molecule is CCOC(=O)C(C)(CC(C)N1CCC(CC)(CC)C1)NC. The average molecular weight is 298 g/mol. The van der Waals surface area contributed by atoms with Crippen molar-refractivity contribution in [3.63, 3.8) is 0 Å². The molecule has 1 aliphatic rings. The Balaban J connectivity index is 2.67. The minimum atomic E-state index is -0.598. The predicted octanol–water partition coefficient (Wildman–Crippen LogP) is 2.82. The molecule has 0 bridgehead atoms. The number of nitrogens with one attached hydrogen (secondary N) is 1. The Morgan fingerprint density at radius 2 is 2.00 bits per heavy atom. The summed E-state index contributed by atoms with van der Waals surface area (Å²) >= 11 is 0. The van der Waals surface area contributed by atoms with Crippen LogP contribution in [0.3, 0.4) is 0 Å². The summed E-state index contributed by atoms with van der Waals surface area (Å²) in [6.45, 7) is 13.4. The fraction of sp³-hybridized carbons (Fsp3) is 0.941. The molecule has 4 nitrogen and oxygen atoms in total. The maximum absolute atomic E-state index is 12.2. The van der Waals surface area contributed by atoms with Crippen LogP contribution in [-0.2, 0) is 9.53 Å². The van der Waals surface area contributed by atoms with Crippen LogP contribution < -0.4 is 5.32 Å². The number of esters is 1. The summed E-state index contributed by atoms with van der Waals surface area (Å²) in [7, 11) is 1.84. The molecule has 1 heterocycles. The monoisotopic (exact) mass is 298 g/mol. The van der Waals surface area contributed by atoms with Gasteiger partial charge in [0.15, 0.2) is 0 Å². The molecule has 0 amide bonds. The minimum Gasteiger partial charge on any atom is -0.465 e. The summed E-state index contributed by atoms with van der Waals surface area (Å²) < 4.78 is 5.22. The zero-order valence-corrected chi connectivity index (χ0v) is 14.8. The molecule has 0 aromatic heterocycles. The molecule has 0 aromatic carbocycles. The van der Waals surface area contributed by atoms with E-state index in [9.17, 15) is 4.79 Å². The molecule has 0 aliphatic carbocycles. The van der Waals surface area contributed by atoms with Gasteiger partial charge in [-0.25, -0.2) is 0 Å². The number of rotatable bonds is 8. The largest absolute Gasteiger partial charge is 0.465 e. The lowest BCUT2D eigenvalue weighted by Gasteiger charge is -2.35. The lowest BCUT2D eigenvalue weighted by atomic mass is 9.82. The summed E-state index contributed by atoms with van der Waals surface area (Å²) in [5.41, 5.74) is -0.118. The molecule has 1 N–H and O–H groups in total. The topological polar surface area (TPSA) is 41.6 Å². The van der Waals surface area contributed by atoms with Gasteiger partial charge in [-0.3, -0.25) is 4.79 Å². The van der Waals surface area contributed by atoms with Crippen LogP contribution in [0.2, 0.25) is 0 Å². The highest BCUT2D eigenvalue weighted by molar-refractivity contribution is 5.80. The van der Waals surface area contributed by atoms with Gasteiger partial charge in [0, 0.05) is 12.6 Å². The van der Waals surface area contributed by atoms with E-state index >= 15 is 0 Å². The van der Waals surface area contributed by atoms with E-state index in [4.69, 9.17) is 4.74 Å². The number of likely N-dealkylation sites (tertiary alicyclic amines) is 1. The molecule has 124 valence electrons. The molecule has 4 heteroatoms. The van der Waals surface area contributed by atoms with E-state index in [0.29, 0.717) is 18.1 Å². The van der Waals surface area contributed by atoms with Crippen LogP contribution >= 0.6 is 0 Å². The van der Waals surface area contributed by atoms with Crippen LogP contribution in [0.15, 0.2) is 0 Å². The van der Waals surface area contributed by atoms with Crippen molar-refractivity contribution in [2.45, 2.75) is 71.9 Å². The van der Waals surface area contributed by atoms with Crippen molar-refractivity contribution in [1.29, 1.82) is 0 Å². The van der Waals surface area contributed by atoms with Gasteiger partial charge in [0.1, 0.15) is 5.54 Å². The summed E-state index contributed by atoms with van der Waals surface area (Å²) in [5, 5.41) is 3.16. The first kappa shape index (κ1) is 18.4. The number of ether oxygens (including phenoxy) is 1. The van der Waals surface area contributed by atoms with Crippen LogP contribution in [0, 0.1) is 5.41 Å². The van der Waals surface area contributed by atoms with Crippen LogP contribution in [0.5, 0.6) is 0 Å². The smallest absolute Gasteiger partial charge is 0.326 e. The molecule has 0 aromatic rings. The molecule has 1 saturated heterocycles. The molecule has 1 fully saturated rings. The number of likely N-dealkylation sites (N-methyl/N-ethyl adjacent to an activating group) is 1. The molecular weight excluding hydrogens is 264 g/mol. The highest BCUT2D eigenvalue weighted by Gasteiger charge is 2.40. The summed E-state index contributed by atoms with van der Waals surface area (Å²) in [4.78, 5) is 14.7. The highest BCUT2D eigenvalue weighted by atomic mass is 16.5. The van der Waals surface area contributed by atoms with E-state index in [1.54, 1.807) is 0 Å². The average Bonchev–Trinajstić information content (AvgIpc) is 2.92. The molecule has 0 radical (unpaired) electrons. The summed E-state index contributed by atoms with van der Waals surface area (Å²) in [5.74, 6) is -0.143. The summed E-state index contributed by atoms with van der Waals surface area (Å²) in [6, 6.07) is 0.381. The number of hydrogen-bond acceptors (Lipinski definition) is 4. The van der Waals surface area contributed by atoms with Gasteiger partial charge in [0.05, 0.1) is 6.61 Å². The van der Waals surface area contributed by atoms with Gasteiger partial charge in [-0.2, -0.15) is 0 Å². The number of carbonyl (C=O) groups is 1. The van der Waals surface area contributed by atoms with Crippen LogP contribution in [-0.4, -0.2) is 49.2 Å². The van der Waals surface area contributed by atoms with E-state index in [2.05, 4.69) is 31.0 Å². The Morgan fingerprint density at radius 3 is 2.43 bits per heavy atom. The molecule has 1 rings (SSSR count). The third kappa shape index (κ3) is 4.19. The third-order valence-corrected chi connectivity index (χ3v) is 5.57. The Labute approximate surface area is 130 Å².